The first kappa shape index (κ1) is 14.9. The molecule has 2 unspecified atom stereocenters. The number of thioether (sulfide) groups is 1. The van der Waals surface area contributed by atoms with E-state index in [9.17, 15) is 4.79 Å². The zero-order valence-electron chi connectivity index (χ0n) is 11.3. The van der Waals surface area contributed by atoms with Crippen molar-refractivity contribution in [3.05, 3.63) is 6.07 Å². The minimum Gasteiger partial charge on any atom is -0.383 e. The van der Waals surface area contributed by atoms with Crippen LogP contribution in [0, 0.1) is 0 Å². The first-order valence-electron chi connectivity index (χ1n) is 6.50. The molecule has 20 heavy (non-hydrogen) atoms. The van der Waals surface area contributed by atoms with Crippen LogP contribution in [0.1, 0.15) is 19.8 Å². The standard InChI is InChI=1S/C12H19N5O2S/c1-7(11(18)15-6-8-3-2-4-19-8)20-12-16-9(13)5-10(14)17-12/h5,7-8H,2-4,6H2,1H3,(H,15,18)(H4,13,14,16,17). The third kappa shape index (κ3) is 4.24. The van der Waals surface area contributed by atoms with Gasteiger partial charge < -0.3 is 21.5 Å². The van der Waals surface area contributed by atoms with E-state index in [4.69, 9.17) is 16.2 Å². The van der Waals surface area contributed by atoms with Crippen LogP contribution in [-0.2, 0) is 9.53 Å². The average Bonchev–Trinajstić information content (AvgIpc) is 2.87. The Hall–Kier alpha value is -1.54. The molecule has 0 aliphatic carbocycles. The maximum Gasteiger partial charge on any atom is 0.233 e. The minimum absolute atomic E-state index is 0.0740. The summed E-state index contributed by atoms with van der Waals surface area (Å²) in [6.45, 7) is 3.11. The SMILES string of the molecule is CC(Sc1nc(N)cc(N)n1)C(=O)NCC1CCCO1. The molecule has 0 saturated carbocycles. The molecular formula is C12H19N5O2S. The fraction of sp³-hybridized carbons (Fsp3) is 0.583. The smallest absolute Gasteiger partial charge is 0.233 e. The predicted octanol–water partition coefficient (Wildman–Crippen LogP) is 0.417. The van der Waals surface area contributed by atoms with Crippen molar-refractivity contribution in [2.75, 3.05) is 24.6 Å². The normalized spacial score (nSPS) is 19.8. The Labute approximate surface area is 121 Å². The maximum absolute atomic E-state index is 12.0. The summed E-state index contributed by atoms with van der Waals surface area (Å²) in [5.41, 5.74) is 11.2. The minimum atomic E-state index is -0.322. The van der Waals surface area contributed by atoms with Crippen molar-refractivity contribution < 1.29 is 9.53 Å². The second kappa shape index (κ2) is 6.76. The molecule has 0 spiro atoms. The summed E-state index contributed by atoms with van der Waals surface area (Å²) in [6.07, 6.45) is 2.19. The molecule has 1 saturated heterocycles. The number of nitrogens with zero attached hydrogens (tertiary/aromatic N) is 2. The van der Waals surface area contributed by atoms with E-state index >= 15 is 0 Å². The molecule has 0 bridgehead atoms. The van der Waals surface area contributed by atoms with Crippen LogP contribution in [-0.4, -0.2) is 40.4 Å². The lowest BCUT2D eigenvalue weighted by Crippen LogP contribution is -2.36. The number of amides is 1. The number of nitrogens with two attached hydrogens (primary N) is 2. The van der Waals surface area contributed by atoms with Crippen molar-refractivity contribution in [1.82, 2.24) is 15.3 Å². The molecule has 0 radical (unpaired) electrons. The van der Waals surface area contributed by atoms with Crippen LogP contribution in [0.4, 0.5) is 11.6 Å². The summed E-state index contributed by atoms with van der Waals surface area (Å²) < 4.78 is 5.45. The van der Waals surface area contributed by atoms with Crippen LogP contribution in [0.2, 0.25) is 0 Å². The molecule has 8 heteroatoms. The van der Waals surface area contributed by atoms with Crippen LogP contribution >= 0.6 is 11.8 Å². The number of nitrogen functional groups attached to an aromatic ring is 2. The number of nitrogens with one attached hydrogen (secondary N) is 1. The molecule has 5 N–H and O–H groups in total. The quantitative estimate of drug-likeness (QED) is 0.532. The van der Waals surface area contributed by atoms with Gasteiger partial charge in [-0.1, -0.05) is 11.8 Å². The Kier molecular flexibility index (Phi) is 5.02. The van der Waals surface area contributed by atoms with Crippen LogP contribution in [0.15, 0.2) is 11.2 Å². The highest BCUT2D eigenvalue weighted by atomic mass is 32.2. The number of carbonyl (C=O) groups is 1. The van der Waals surface area contributed by atoms with Gasteiger partial charge in [0.05, 0.1) is 11.4 Å². The lowest BCUT2D eigenvalue weighted by molar-refractivity contribution is -0.120. The van der Waals surface area contributed by atoms with Gasteiger partial charge in [-0.3, -0.25) is 4.79 Å². The van der Waals surface area contributed by atoms with Crippen molar-refractivity contribution in [2.45, 2.75) is 36.3 Å². The molecule has 1 aromatic heterocycles. The molecule has 1 fully saturated rings. The summed E-state index contributed by atoms with van der Waals surface area (Å²) in [6, 6.07) is 1.48. The fourth-order valence-electron chi connectivity index (χ4n) is 1.89. The highest BCUT2D eigenvalue weighted by molar-refractivity contribution is 8.00. The van der Waals surface area contributed by atoms with Gasteiger partial charge in [-0.2, -0.15) is 0 Å². The predicted molar refractivity (Wildman–Crippen MR) is 78.2 cm³/mol. The molecular weight excluding hydrogens is 278 g/mol. The summed E-state index contributed by atoms with van der Waals surface area (Å²) >= 11 is 1.23. The van der Waals surface area contributed by atoms with E-state index in [0.717, 1.165) is 19.4 Å². The molecule has 2 heterocycles. The van der Waals surface area contributed by atoms with E-state index in [1.165, 1.54) is 17.8 Å². The second-order valence-corrected chi connectivity index (χ2v) is 5.95. The van der Waals surface area contributed by atoms with E-state index in [1.54, 1.807) is 6.92 Å². The topological polar surface area (TPSA) is 116 Å². The van der Waals surface area contributed by atoms with Gasteiger partial charge in [0, 0.05) is 19.2 Å². The zero-order valence-corrected chi connectivity index (χ0v) is 12.2. The summed E-state index contributed by atoms with van der Waals surface area (Å²) in [5, 5.41) is 2.95. The van der Waals surface area contributed by atoms with Gasteiger partial charge in [0.2, 0.25) is 5.91 Å². The largest absolute Gasteiger partial charge is 0.383 e. The van der Waals surface area contributed by atoms with E-state index in [-0.39, 0.29) is 17.3 Å². The van der Waals surface area contributed by atoms with Gasteiger partial charge in [0.15, 0.2) is 5.16 Å². The van der Waals surface area contributed by atoms with Gasteiger partial charge >= 0.3 is 0 Å². The Morgan fingerprint density at radius 1 is 1.55 bits per heavy atom. The number of anilines is 2. The maximum atomic E-state index is 12.0. The third-order valence-corrected chi connectivity index (χ3v) is 3.89. The van der Waals surface area contributed by atoms with E-state index in [2.05, 4.69) is 15.3 Å². The highest BCUT2D eigenvalue weighted by Gasteiger charge is 2.20. The fourth-order valence-corrected chi connectivity index (χ4v) is 2.71. The molecule has 1 aromatic rings. The number of hydrogen-bond donors (Lipinski definition) is 3. The van der Waals surface area contributed by atoms with E-state index in [0.29, 0.717) is 23.3 Å². The van der Waals surface area contributed by atoms with Gasteiger partial charge in [-0.15, -0.1) is 0 Å². The Bertz CT molecular complexity index is 459. The van der Waals surface area contributed by atoms with Crippen LogP contribution in [0.3, 0.4) is 0 Å². The number of rotatable bonds is 5. The highest BCUT2D eigenvalue weighted by Crippen LogP contribution is 2.21. The average molecular weight is 297 g/mol. The molecule has 1 amide bonds. The van der Waals surface area contributed by atoms with Crippen LogP contribution < -0.4 is 16.8 Å². The summed E-state index contributed by atoms with van der Waals surface area (Å²) in [5.74, 6) is 0.522. The van der Waals surface area contributed by atoms with Gasteiger partial charge in [-0.05, 0) is 19.8 Å². The van der Waals surface area contributed by atoms with E-state index < -0.39 is 0 Å². The van der Waals surface area contributed by atoms with Gasteiger partial charge in [0.25, 0.3) is 0 Å². The number of ether oxygens (including phenoxy) is 1. The lowest BCUT2D eigenvalue weighted by Gasteiger charge is -2.14. The molecule has 2 rings (SSSR count). The van der Waals surface area contributed by atoms with Crippen LogP contribution in [0.5, 0.6) is 0 Å². The van der Waals surface area contributed by atoms with Crippen molar-refractivity contribution in [3.8, 4) is 0 Å². The van der Waals surface area contributed by atoms with Crippen molar-refractivity contribution in [3.63, 3.8) is 0 Å². The van der Waals surface area contributed by atoms with Crippen LogP contribution in [0.25, 0.3) is 0 Å². The van der Waals surface area contributed by atoms with Gasteiger partial charge in [0.1, 0.15) is 11.6 Å². The lowest BCUT2D eigenvalue weighted by atomic mass is 10.2. The molecule has 1 aliphatic rings. The van der Waals surface area contributed by atoms with E-state index in [1.807, 2.05) is 0 Å². The Morgan fingerprint density at radius 2 is 2.25 bits per heavy atom. The third-order valence-electron chi connectivity index (χ3n) is 2.92. The second-order valence-electron chi connectivity index (χ2n) is 4.64. The number of hydrogen-bond acceptors (Lipinski definition) is 7. The number of aromatic nitrogens is 2. The molecule has 7 nitrogen and oxygen atoms in total. The molecule has 0 aromatic carbocycles. The summed E-state index contributed by atoms with van der Waals surface area (Å²) in [4.78, 5) is 20.0. The first-order valence-corrected chi connectivity index (χ1v) is 7.38. The van der Waals surface area contributed by atoms with Crippen molar-refractivity contribution in [2.24, 2.45) is 0 Å². The zero-order chi connectivity index (χ0) is 14.5. The Balaban J connectivity index is 1.83. The van der Waals surface area contributed by atoms with Crippen molar-refractivity contribution >= 4 is 29.3 Å². The summed E-state index contributed by atoms with van der Waals surface area (Å²) in [7, 11) is 0. The number of carbonyl (C=O) groups excluding carboxylic acids is 1. The van der Waals surface area contributed by atoms with Gasteiger partial charge in [-0.25, -0.2) is 9.97 Å². The Morgan fingerprint density at radius 3 is 2.85 bits per heavy atom. The molecule has 1 aliphatic heterocycles. The van der Waals surface area contributed by atoms with Crippen molar-refractivity contribution in [1.29, 1.82) is 0 Å². The monoisotopic (exact) mass is 297 g/mol. The molecule has 110 valence electrons. The first-order chi connectivity index (χ1) is 9.54. The molecule has 2 atom stereocenters.